The van der Waals surface area contributed by atoms with E-state index in [0.717, 1.165) is 9.79 Å². The molecule has 0 aromatic heterocycles. The normalized spacial score (nSPS) is 12.7. The number of hydrogen-bond acceptors (Lipinski definition) is 2. The summed E-state index contributed by atoms with van der Waals surface area (Å²) in [6, 6.07) is 18.5. The van der Waals surface area contributed by atoms with E-state index < -0.39 is 10.8 Å². The Morgan fingerprint density at radius 3 is 1.71 bits per heavy atom. The van der Waals surface area contributed by atoms with Crippen molar-refractivity contribution >= 4 is 16.5 Å². The summed E-state index contributed by atoms with van der Waals surface area (Å²) in [5.41, 5.74) is 1.17. The molecule has 0 saturated carbocycles. The Hall–Kier alpha value is -1.61. The van der Waals surface area contributed by atoms with Crippen molar-refractivity contribution in [2.24, 2.45) is 0 Å². The van der Waals surface area contributed by atoms with E-state index in [4.69, 9.17) is 0 Å². The maximum atomic E-state index is 12.5. The van der Waals surface area contributed by atoms with Gasteiger partial charge >= 0.3 is 0 Å². The Morgan fingerprint density at radius 1 is 0.762 bits per heavy atom. The van der Waals surface area contributed by atoms with Gasteiger partial charge in [0.15, 0.2) is 0 Å². The summed E-state index contributed by atoms with van der Waals surface area (Å²) in [6.07, 6.45) is 0. The minimum atomic E-state index is -1.11. The van der Waals surface area contributed by atoms with Gasteiger partial charge in [0.05, 0.1) is 10.8 Å². The van der Waals surface area contributed by atoms with Gasteiger partial charge in [0, 0.05) is 27.6 Å². The molecule has 2 aromatic rings. The lowest BCUT2D eigenvalue weighted by Gasteiger charge is -2.33. The fraction of sp³-hybridized carbons (Fsp3) is 0.333. The monoisotopic (exact) mass is 301 g/mol. The van der Waals surface area contributed by atoms with E-state index in [1.807, 2.05) is 42.5 Å². The van der Waals surface area contributed by atoms with E-state index in [9.17, 15) is 4.21 Å². The van der Waals surface area contributed by atoms with Gasteiger partial charge < -0.3 is 4.90 Å². The van der Waals surface area contributed by atoms with Crippen molar-refractivity contribution < 1.29 is 4.21 Å². The minimum absolute atomic E-state index is 0.440. The fourth-order valence-electron chi connectivity index (χ4n) is 2.61. The van der Waals surface area contributed by atoms with Crippen LogP contribution >= 0.6 is 0 Å². The number of benzene rings is 2. The van der Waals surface area contributed by atoms with Crippen molar-refractivity contribution in [3.05, 3.63) is 54.6 Å². The van der Waals surface area contributed by atoms with E-state index in [1.54, 1.807) is 0 Å². The van der Waals surface area contributed by atoms with E-state index in [-0.39, 0.29) is 0 Å². The highest BCUT2D eigenvalue weighted by Gasteiger charge is 2.14. The van der Waals surface area contributed by atoms with Crippen molar-refractivity contribution in [1.29, 1.82) is 0 Å². The second kappa shape index (κ2) is 6.90. The highest BCUT2D eigenvalue weighted by Crippen LogP contribution is 2.23. The Labute approximate surface area is 130 Å². The molecule has 0 fully saturated rings. The summed E-state index contributed by atoms with van der Waals surface area (Å²) in [6.45, 7) is 8.76. The average molecular weight is 301 g/mol. The van der Waals surface area contributed by atoms with Gasteiger partial charge in [-0.15, -0.1) is 0 Å². The molecule has 0 radical (unpaired) electrons. The molecular weight excluding hydrogens is 278 g/mol. The Balaban J connectivity index is 2.25. The van der Waals surface area contributed by atoms with Crippen LogP contribution in [0.25, 0.3) is 0 Å². The molecule has 1 atom stereocenters. The van der Waals surface area contributed by atoms with Crippen molar-refractivity contribution in [3.8, 4) is 0 Å². The predicted molar refractivity (Wildman–Crippen MR) is 90.3 cm³/mol. The molecule has 0 heterocycles. The third-order valence-corrected chi connectivity index (χ3v) is 4.82. The van der Waals surface area contributed by atoms with Gasteiger partial charge in [0.1, 0.15) is 0 Å². The molecule has 2 rings (SSSR count). The van der Waals surface area contributed by atoms with E-state index >= 15 is 0 Å². The number of anilines is 1. The first-order valence-electron chi connectivity index (χ1n) is 7.36. The van der Waals surface area contributed by atoms with Crippen LogP contribution in [0.15, 0.2) is 64.4 Å². The first kappa shape index (κ1) is 15.8. The lowest BCUT2D eigenvalue weighted by Crippen LogP contribution is -2.36. The van der Waals surface area contributed by atoms with Gasteiger partial charge in [-0.1, -0.05) is 18.2 Å². The van der Waals surface area contributed by atoms with Crippen LogP contribution < -0.4 is 4.90 Å². The molecule has 3 heteroatoms. The van der Waals surface area contributed by atoms with Crippen LogP contribution in [-0.2, 0) is 10.8 Å². The van der Waals surface area contributed by atoms with Gasteiger partial charge in [0.25, 0.3) is 0 Å². The molecule has 21 heavy (non-hydrogen) atoms. The second-order valence-electron chi connectivity index (χ2n) is 5.67. The van der Waals surface area contributed by atoms with E-state index in [0.29, 0.717) is 12.1 Å². The lowest BCUT2D eigenvalue weighted by atomic mass is 10.2. The zero-order chi connectivity index (χ0) is 15.4. The Bertz CT molecular complexity index is 582. The molecule has 112 valence electrons. The van der Waals surface area contributed by atoms with Crippen LogP contribution in [0.2, 0.25) is 0 Å². The first-order chi connectivity index (χ1) is 10.0. The topological polar surface area (TPSA) is 20.3 Å². The zero-order valence-electron chi connectivity index (χ0n) is 13.1. The zero-order valence-corrected chi connectivity index (χ0v) is 13.9. The molecular formula is C18H23NOS. The maximum absolute atomic E-state index is 12.5. The summed E-state index contributed by atoms with van der Waals surface area (Å²) < 4.78 is 12.5. The molecule has 0 saturated heterocycles. The Morgan fingerprint density at radius 2 is 1.24 bits per heavy atom. The lowest BCUT2D eigenvalue weighted by molar-refractivity contribution is 0.608. The molecule has 0 spiro atoms. The molecule has 1 unspecified atom stereocenters. The van der Waals surface area contributed by atoms with Gasteiger partial charge in [-0.3, -0.25) is 0 Å². The van der Waals surface area contributed by atoms with Crippen LogP contribution in [0.4, 0.5) is 5.69 Å². The number of rotatable bonds is 5. The molecule has 0 bridgehead atoms. The van der Waals surface area contributed by atoms with Crippen LogP contribution in [0.5, 0.6) is 0 Å². The highest BCUT2D eigenvalue weighted by atomic mass is 32.2. The van der Waals surface area contributed by atoms with Crippen molar-refractivity contribution in [2.75, 3.05) is 4.90 Å². The second-order valence-corrected chi connectivity index (χ2v) is 7.15. The predicted octanol–water partition coefficient (Wildman–Crippen LogP) is 4.48. The number of nitrogens with zero attached hydrogens (tertiary/aromatic N) is 1. The summed E-state index contributed by atoms with van der Waals surface area (Å²) in [4.78, 5) is 4.04. The molecule has 0 N–H and O–H groups in total. The van der Waals surface area contributed by atoms with Gasteiger partial charge in [0.2, 0.25) is 0 Å². The van der Waals surface area contributed by atoms with E-state index in [2.05, 4.69) is 44.7 Å². The van der Waals surface area contributed by atoms with Gasteiger partial charge in [-0.05, 0) is 64.1 Å². The SMILES string of the molecule is CC(C)N(c1ccc(S(=O)c2ccccc2)cc1)C(C)C. The smallest absolute Gasteiger partial charge is 0.0849 e. The summed E-state index contributed by atoms with van der Waals surface area (Å²) >= 11 is 0. The van der Waals surface area contributed by atoms with Crippen molar-refractivity contribution in [1.82, 2.24) is 0 Å². The molecule has 0 amide bonds. The first-order valence-corrected chi connectivity index (χ1v) is 8.51. The van der Waals surface area contributed by atoms with Crippen LogP contribution in [0.1, 0.15) is 27.7 Å². The molecule has 0 aliphatic rings. The van der Waals surface area contributed by atoms with Crippen LogP contribution in [-0.4, -0.2) is 16.3 Å². The van der Waals surface area contributed by atoms with Crippen LogP contribution in [0, 0.1) is 0 Å². The van der Waals surface area contributed by atoms with E-state index in [1.165, 1.54) is 5.69 Å². The third-order valence-electron chi connectivity index (χ3n) is 3.42. The van der Waals surface area contributed by atoms with Crippen LogP contribution in [0.3, 0.4) is 0 Å². The largest absolute Gasteiger partial charge is 0.367 e. The summed E-state index contributed by atoms with van der Waals surface area (Å²) in [5, 5.41) is 0. The maximum Gasteiger partial charge on any atom is 0.0849 e. The molecule has 2 nitrogen and oxygen atoms in total. The van der Waals surface area contributed by atoms with Crippen molar-refractivity contribution in [2.45, 2.75) is 49.6 Å². The quantitative estimate of drug-likeness (QED) is 0.811. The molecule has 0 aliphatic carbocycles. The van der Waals surface area contributed by atoms with Gasteiger partial charge in [-0.2, -0.15) is 0 Å². The standard InChI is InChI=1S/C18H23NOS/c1-14(2)19(15(3)4)16-10-12-18(13-11-16)21(20)17-8-6-5-7-9-17/h5-15H,1-4H3. The summed E-state index contributed by atoms with van der Waals surface area (Å²) in [7, 11) is -1.11. The Kier molecular flexibility index (Phi) is 5.18. The minimum Gasteiger partial charge on any atom is -0.367 e. The van der Waals surface area contributed by atoms with Gasteiger partial charge in [-0.25, -0.2) is 4.21 Å². The summed E-state index contributed by atoms with van der Waals surface area (Å²) in [5.74, 6) is 0. The third kappa shape index (κ3) is 3.73. The fourth-order valence-corrected chi connectivity index (χ4v) is 3.67. The molecule has 2 aromatic carbocycles. The average Bonchev–Trinajstić information content (AvgIpc) is 2.47. The number of hydrogen-bond donors (Lipinski definition) is 0. The van der Waals surface area contributed by atoms with Crippen molar-refractivity contribution in [3.63, 3.8) is 0 Å². The highest BCUT2D eigenvalue weighted by molar-refractivity contribution is 7.85. The molecule has 0 aliphatic heterocycles.